The minimum absolute atomic E-state index is 0.154. The maximum atomic E-state index is 13.4. The highest BCUT2D eigenvalue weighted by Gasteiger charge is 2.11. The molecule has 0 aliphatic heterocycles. The SMILES string of the molecule is Cn1c(-c2cc(F)ccc2F)cnc1N. The summed E-state index contributed by atoms with van der Waals surface area (Å²) in [5.41, 5.74) is 6.10. The van der Waals surface area contributed by atoms with E-state index in [1.807, 2.05) is 0 Å². The summed E-state index contributed by atoms with van der Waals surface area (Å²) in [5, 5.41) is 0. The summed E-state index contributed by atoms with van der Waals surface area (Å²) in [7, 11) is 1.64. The topological polar surface area (TPSA) is 43.8 Å². The molecule has 0 saturated carbocycles. The first kappa shape index (κ1) is 9.64. The van der Waals surface area contributed by atoms with E-state index in [-0.39, 0.29) is 11.5 Å². The summed E-state index contributed by atoms with van der Waals surface area (Å²) in [5.74, 6) is -0.737. The van der Waals surface area contributed by atoms with Crippen LogP contribution >= 0.6 is 0 Å². The van der Waals surface area contributed by atoms with Gasteiger partial charge in [0.25, 0.3) is 0 Å². The summed E-state index contributed by atoms with van der Waals surface area (Å²) in [4.78, 5) is 3.81. The smallest absolute Gasteiger partial charge is 0.200 e. The van der Waals surface area contributed by atoms with Gasteiger partial charge in [0.1, 0.15) is 11.6 Å². The molecule has 0 spiro atoms. The minimum atomic E-state index is -0.501. The van der Waals surface area contributed by atoms with Crippen LogP contribution in [-0.4, -0.2) is 9.55 Å². The van der Waals surface area contributed by atoms with Crippen LogP contribution in [0.15, 0.2) is 24.4 Å². The number of hydrogen-bond acceptors (Lipinski definition) is 2. The van der Waals surface area contributed by atoms with E-state index >= 15 is 0 Å². The average Bonchev–Trinajstić information content (AvgIpc) is 2.52. The van der Waals surface area contributed by atoms with Gasteiger partial charge in [0.05, 0.1) is 11.9 Å². The van der Waals surface area contributed by atoms with Crippen molar-refractivity contribution in [1.29, 1.82) is 0 Å². The Morgan fingerprint density at radius 2 is 2.07 bits per heavy atom. The quantitative estimate of drug-likeness (QED) is 0.780. The number of aromatic nitrogens is 2. The molecule has 2 rings (SSSR count). The Hall–Kier alpha value is -1.91. The van der Waals surface area contributed by atoms with Crippen LogP contribution in [0.4, 0.5) is 14.7 Å². The van der Waals surface area contributed by atoms with E-state index in [0.29, 0.717) is 5.69 Å². The van der Waals surface area contributed by atoms with Gasteiger partial charge < -0.3 is 10.3 Å². The number of benzene rings is 1. The first-order valence-electron chi connectivity index (χ1n) is 4.32. The number of nitrogen functional groups attached to an aromatic ring is 1. The van der Waals surface area contributed by atoms with Crippen LogP contribution in [0.25, 0.3) is 11.3 Å². The number of halogens is 2. The molecule has 0 amide bonds. The molecule has 0 aliphatic rings. The molecule has 15 heavy (non-hydrogen) atoms. The normalized spacial score (nSPS) is 10.6. The van der Waals surface area contributed by atoms with Crippen molar-refractivity contribution in [3.63, 3.8) is 0 Å². The third kappa shape index (κ3) is 1.56. The molecule has 78 valence electrons. The minimum Gasteiger partial charge on any atom is -0.369 e. The zero-order valence-electron chi connectivity index (χ0n) is 8.04. The summed E-state index contributed by atoms with van der Waals surface area (Å²) >= 11 is 0. The van der Waals surface area contributed by atoms with Crippen molar-refractivity contribution in [2.24, 2.45) is 7.05 Å². The maximum Gasteiger partial charge on any atom is 0.200 e. The second-order valence-electron chi connectivity index (χ2n) is 3.18. The lowest BCUT2D eigenvalue weighted by atomic mass is 10.1. The lowest BCUT2D eigenvalue weighted by molar-refractivity contribution is 0.602. The van der Waals surface area contributed by atoms with Crippen LogP contribution in [-0.2, 0) is 7.05 Å². The monoisotopic (exact) mass is 209 g/mol. The van der Waals surface area contributed by atoms with Crippen molar-refractivity contribution in [3.05, 3.63) is 36.0 Å². The average molecular weight is 209 g/mol. The zero-order chi connectivity index (χ0) is 11.0. The third-order valence-corrected chi connectivity index (χ3v) is 2.23. The number of rotatable bonds is 1. The van der Waals surface area contributed by atoms with Crippen LogP contribution < -0.4 is 5.73 Å². The van der Waals surface area contributed by atoms with E-state index in [0.717, 1.165) is 18.2 Å². The Morgan fingerprint density at radius 1 is 1.33 bits per heavy atom. The van der Waals surface area contributed by atoms with Gasteiger partial charge in [-0.25, -0.2) is 13.8 Å². The highest BCUT2D eigenvalue weighted by Crippen LogP contribution is 2.24. The van der Waals surface area contributed by atoms with Crippen molar-refractivity contribution in [1.82, 2.24) is 9.55 Å². The van der Waals surface area contributed by atoms with Gasteiger partial charge in [0.15, 0.2) is 5.95 Å². The summed E-state index contributed by atoms with van der Waals surface area (Å²) in [6.07, 6.45) is 1.41. The predicted octanol–water partition coefficient (Wildman–Crippen LogP) is 1.95. The highest BCUT2D eigenvalue weighted by molar-refractivity contribution is 5.61. The molecule has 0 bridgehead atoms. The van der Waals surface area contributed by atoms with Crippen LogP contribution in [0, 0.1) is 11.6 Å². The third-order valence-electron chi connectivity index (χ3n) is 2.23. The molecule has 0 saturated heterocycles. The molecule has 5 heteroatoms. The van der Waals surface area contributed by atoms with E-state index < -0.39 is 11.6 Å². The molecule has 1 aromatic carbocycles. The predicted molar refractivity (Wildman–Crippen MR) is 53.0 cm³/mol. The standard InChI is InChI=1S/C10H9F2N3/c1-15-9(5-14-10(15)13)7-4-6(11)2-3-8(7)12/h2-5H,1H3,(H2,13,14). The van der Waals surface area contributed by atoms with E-state index in [1.54, 1.807) is 7.05 Å². The lowest BCUT2D eigenvalue weighted by Gasteiger charge is -2.04. The fourth-order valence-corrected chi connectivity index (χ4v) is 1.37. The number of imidazole rings is 1. The molecular formula is C10H9F2N3. The molecule has 0 fully saturated rings. The van der Waals surface area contributed by atoms with Crippen molar-refractivity contribution in [3.8, 4) is 11.3 Å². The van der Waals surface area contributed by atoms with Gasteiger partial charge in [-0.05, 0) is 18.2 Å². The van der Waals surface area contributed by atoms with Gasteiger partial charge in [-0.15, -0.1) is 0 Å². The Labute approximate surface area is 85.2 Å². The van der Waals surface area contributed by atoms with Gasteiger partial charge in [-0.3, -0.25) is 0 Å². The summed E-state index contributed by atoms with van der Waals surface area (Å²) in [6.45, 7) is 0. The molecular weight excluding hydrogens is 200 g/mol. The Morgan fingerprint density at radius 3 is 2.67 bits per heavy atom. The van der Waals surface area contributed by atoms with Gasteiger partial charge >= 0.3 is 0 Å². The molecule has 0 atom stereocenters. The lowest BCUT2D eigenvalue weighted by Crippen LogP contribution is -1.99. The molecule has 1 aromatic heterocycles. The molecule has 2 aromatic rings. The zero-order valence-corrected chi connectivity index (χ0v) is 8.04. The van der Waals surface area contributed by atoms with Crippen molar-refractivity contribution in [2.75, 3.05) is 5.73 Å². The van der Waals surface area contributed by atoms with Crippen molar-refractivity contribution in [2.45, 2.75) is 0 Å². The first-order chi connectivity index (χ1) is 7.09. The van der Waals surface area contributed by atoms with E-state index in [2.05, 4.69) is 4.98 Å². The largest absolute Gasteiger partial charge is 0.369 e. The first-order valence-corrected chi connectivity index (χ1v) is 4.32. The molecule has 2 N–H and O–H groups in total. The number of anilines is 1. The molecule has 0 radical (unpaired) electrons. The van der Waals surface area contributed by atoms with E-state index in [1.165, 1.54) is 10.8 Å². The van der Waals surface area contributed by atoms with E-state index in [9.17, 15) is 8.78 Å². The van der Waals surface area contributed by atoms with Crippen molar-refractivity contribution < 1.29 is 8.78 Å². The van der Waals surface area contributed by atoms with E-state index in [4.69, 9.17) is 5.73 Å². The Balaban J connectivity index is 2.63. The van der Waals surface area contributed by atoms with Gasteiger partial charge in [0, 0.05) is 12.6 Å². The fourth-order valence-electron chi connectivity index (χ4n) is 1.37. The van der Waals surface area contributed by atoms with Gasteiger partial charge in [0.2, 0.25) is 0 Å². The van der Waals surface area contributed by atoms with Crippen LogP contribution in [0.5, 0.6) is 0 Å². The van der Waals surface area contributed by atoms with Crippen LogP contribution in [0.2, 0.25) is 0 Å². The van der Waals surface area contributed by atoms with Gasteiger partial charge in [-0.2, -0.15) is 0 Å². The second kappa shape index (κ2) is 3.34. The summed E-state index contributed by atoms with van der Waals surface area (Å²) in [6, 6.07) is 3.26. The molecule has 3 nitrogen and oxygen atoms in total. The van der Waals surface area contributed by atoms with Crippen molar-refractivity contribution >= 4 is 5.95 Å². The molecule has 0 aliphatic carbocycles. The van der Waals surface area contributed by atoms with Gasteiger partial charge in [-0.1, -0.05) is 0 Å². The molecule has 0 unspecified atom stereocenters. The molecule has 1 heterocycles. The summed E-state index contributed by atoms with van der Waals surface area (Å²) < 4.78 is 27.8. The Kier molecular flexibility index (Phi) is 2.15. The number of nitrogens with two attached hydrogens (primary N) is 1. The van der Waals surface area contributed by atoms with Crippen LogP contribution in [0.1, 0.15) is 0 Å². The Bertz CT molecular complexity index is 505. The second-order valence-corrected chi connectivity index (χ2v) is 3.18. The van der Waals surface area contributed by atoms with Crippen LogP contribution in [0.3, 0.4) is 0 Å². The number of nitrogens with zero attached hydrogens (tertiary/aromatic N) is 2. The highest BCUT2D eigenvalue weighted by atomic mass is 19.1. The maximum absolute atomic E-state index is 13.4. The number of hydrogen-bond donors (Lipinski definition) is 1. The fraction of sp³-hybridized carbons (Fsp3) is 0.100.